The quantitative estimate of drug-likeness (QED) is 0.658. The lowest BCUT2D eigenvalue weighted by molar-refractivity contribution is -0.120. The third-order valence-electron chi connectivity index (χ3n) is 4.50. The molecule has 1 aromatic heterocycles. The maximum Gasteiger partial charge on any atom is 0.341 e. The number of amides is 1. The van der Waals surface area contributed by atoms with Crippen LogP contribution in [0.15, 0.2) is 42.6 Å². The molecular formula is C20H23N3O3. The fourth-order valence-corrected chi connectivity index (χ4v) is 3.07. The van der Waals surface area contributed by atoms with Crippen LogP contribution in [0.3, 0.4) is 0 Å². The fourth-order valence-electron chi connectivity index (χ4n) is 3.07. The second-order valence-electron chi connectivity index (χ2n) is 6.30. The van der Waals surface area contributed by atoms with Gasteiger partial charge in [-0.25, -0.2) is 9.48 Å². The predicted octanol–water partition coefficient (Wildman–Crippen LogP) is 3.65. The number of nitrogens with one attached hydrogen (secondary N) is 1. The Balaban J connectivity index is 1.78. The van der Waals surface area contributed by atoms with Gasteiger partial charge in [0, 0.05) is 11.6 Å². The number of hydrogen-bond acceptors (Lipinski definition) is 4. The van der Waals surface area contributed by atoms with Crippen LogP contribution in [0.4, 0.5) is 5.69 Å². The van der Waals surface area contributed by atoms with Gasteiger partial charge in [0.25, 0.3) is 0 Å². The third kappa shape index (κ3) is 3.85. The van der Waals surface area contributed by atoms with Crippen LogP contribution in [0, 0.1) is 12.8 Å². The molecule has 0 radical (unpaired) electrons. The van der Waals surface area contributed by atoms with Gasteiger partial charge >= 0.3 is 5.97 Å². The van der Waals surface area contributed by atoms with Crippen molar-refractivity contribution in [3.63, 3.8) is 0 Å². The van der Waals surface area contributed by atoms with E-state index >= 15 is 0 Å². The molecule has 1 heterocycles. The summed E-state index contributed by atoms with van der Waals surface area (Å²) in [6.07, 6.45) is 8.30. The highest BCUT2D eigenvalue weighted by molar-refractivity contribution is 5.93. The van der Waals surface area contributed by atoms with Gasteiger partial charge in [-0.2, -0.15) is 5.10 Å². The maximum atomic E-state index is 12.4. The molecule has 1 aliphatic carbocycles. The summed E-state index contributed by atoms with van der Waals surface area (Å²) >= 11 is 0. The Morgan fingerprint density at radius 2 is 2.19 bits per heavy atom. The second kappa shape index (κ2) is 7.99. The van der Waals surface area contributed by atoms with E-state index in [-0.39, 0.29) is 17.8 Å². The Morgan fingerprint density at radius 1 is 1.35 bits per heavy atom. The molecule has 1 aromatic carbocycles. The van der Waals surface area contributed by atoms with Crippen LogP contribution >= 0.6 is 0 Å². The predicted molar refractivity (Wildman–Crippen MR) is 99.4 cm³/mol. The SMILES string of the molecule is CCOC(=O)c1cnn(-c2cccc(NC(=O)C3CC=CCC3)c2)c1C. The molecule has 0 fully saturated rings. The van der Waals surface area contributed by atoms with Crippen molar-refractivity contribution in [1.82, 2.24) is 9.78 Å². The molecule has 1 atom stereocenters. The number of benzene rings is 1. The zero-order valence-corrected chi connectivity index (χ0v) is 15.1. The molecule has 1 N–H and O–H groups in total. The van der Waals surface area contributed by atoms with E-state index in [0.717, 1.165) is 30.6 Å². The Hall–Kier alpha value is -2.89. The number of carbonyl (C=O) groups excluding carboxylic acids is 2. The number of allylic oxidation sites excluding steroid dienone is 2. The van der Waals surface area contributed by atoms with Crippen LogP contribution in [-0.4, -0.2) is 28.3 Å². The summed E-state index contributed by atoms with van der Waals surface area (Å²) in [5.74, 6) is -0.326. The number of esters is 1. The molecule has 0 spiro atoms. The average Bonchev–Trinajstić information content (AvgIpc) is 3.04. The molecule has 1 aliphatic rings. The molecule has 6 heteroatoms. The zero-order chi connectivity index (χ0) is 18.5. The second-order valence-corrected chi connectivity index (χ2v) is 6.30. The third-order valence-corrected chi connectivity index (χ3v) is 4.50. The average molecular weight is 353 g/mol. The minimum Gasteiger partial charge on any atom is -0.462 e. The molecule has 1 amide bonds. The lowest BCUT2D eigenvalue weighted by Crippen LogP contribution is -2.23. The molecule has 2 aromatic rings. The minimum absolute atomic E-state index is 0.0190. The number of hydrogen-bond donors (Lipinski definition) is 1. The van der Waals surface area contributed by atoms with Gasteiger partial charge in [0.2, 0.25) is 5.91 Å². The largest absolute Gasteiger partial charge is 0.462 e. The van der Waals surface area contributed by atoms with Crippen molar-refractivity contribution in [2.75, 3.05) is 11.9 Å². The highest BCUT2D eigenvalue weighted by Gasteiger charge is 2.19. The van der Waals surface area contributed by atoms with Gasteiger partial charge in [0.1, 0.15) is 5.56 Å². The van der Waals surface area contributed by atoms with Crippen LogP contribution in [0.25, 0.3) is 5.69 Å². The highest BCUT2D eigenvalue weighted by atomic mass is 16.5. The number of anilines is 1. The molecule has 1 unspecified atom stereocenters. The Morgan fingerprint density at radius 3 is 2.92 bits per heavy atom. The summed E-state index contributed by atoms with van der Waals surface area (Å²) < 4.78 is 6.72. The lowest BCUT2D eigenvalue weighted by atomic mass is 9.93. The number of carbonyl (C=O) groups is 2. The molecule has 0 aliphatic heterocycles. The van der Waals surface area contributed by atoms with Gasteiger partial charge in [0.15, 0.2) is 0 Å². The summed E-state index contributed by atoms with van der Waals surface area (Å²) in [5.41, 5.74) is 2.63. The first-order chi connectivity index (χ1) is 12.6. The van der Waals surface area contributed by atoms with Gasteiger partial charge < -0.3 is 10.1 Å². The Bertz CT molecular complexity index is 839. The normalized spacial score (nSPS) is 16.3. The van der Waals surface area contributed by atoms with Crippen molar-refractivity contribution in [3.05, 3.63) is 53.9 Å². The maximum absolute atomic E-state index is 12.4. The monoisotopic (exact) mass is 353 g/mol. The zero-order valence-electron chi connectivity index (χ0n) is 15.1. The number of ether oxygens (including phenoxy) is 1. The van der Waals surface area contributed by atoms with Crippen LogP contribution < -0.4 is 5.32 Å². The van der Waals surface area contributed by atoms with Crippen LogP contribution in [-0.2, 0) is 9.53 Å². The van der Waals surface area contributed by atoms with E-state index in [0.29, 0.717) is 17.9 Å². The van der Waals surface area contributed by atoms with E-state index in [4.69, 9.17) is 4.74 Å². The van der Waals surface area contributed by atoms with Crippen molar-refractivity contribution in [2.24, 2.45) is 5.92 Å². The van der Waals surface area contributed by atoms with E-state index in [1.165, 1.54) is 6.20 Å². The van der Waals surface area contributed by atoms with Crippen molar-refractivity contribution in [3.8, 4) is 5.69 Å². The van der Waals surface area contributed by atoms with E-state index in [1.54, 1.807) is 11.6 Å². The summed E-state index contributed by atoms with van der Waals surface area (Å²) in [6, 6.07) is 7.45. The van der Waals surface area contributed by atoms with Crippen molar-refractivity contribution >= 4 is 17.6 Å². The van der Waals surface area contributed by atoms with Crippen LogP contribution in [0.2, 0.25) is 0 Å². The number of aromatic nitrogens is 2. The van der Waals surface area contributed by atoms with E-state index in [9.17, 15) is 9.59 Å². The summed E-state index contributed by atoms with van der Waals surface area (Å²) in [6.45, 7) is 3.91. The van der Waals surface area contributed by atoms with Crippen molar-refractivity contribution in [1.29, 1.82) is 0 Å². The molecule has 3 rings (SSSR count). The van der Waals surface area contributed by atoms with Crippen molar-refractivity contribution in [2.45, 2.75) is 33.1 Å². The summed E-state index contributed by atoms with van der Waals surface area (Å²) in [7, 11) is 0. The van der Waals surface area contributed by atoms with Crippen LogP contribution in [0.5, 0.6) is 0 Å². The summed E-state index contributed by atoms with van der Waals surface area (Å²) in [4.78, 5) is 24.4. The Labute approximate surface area is 152 Å². The molecule has 0 bridgehead atoms. The first kappa shape index (κ1) is 17.9. The molecule has 0 saturated carbocycles. The fraction of sp³-hybridized carbons (Fsp3) is 0.350. The minimum atomic E-state index is -0.383. The van der Waals surface area contributed by atoms with Gasteiger partial charge in [-0.15, -0.1) is 0 Å². The van der Waals surface area contributed by atoms with Gasteiger partial charge in [-0.3, -0.25) is 4.79 Å². The van der Waals surface area contributed by atoms with Crippen molar-refractivity contribution < 1.29 is 14.3 Å². The number of nitrogens with zero attached hydrogens (tertiary/aromatic N) is 2. The first-order valence-electron chi connectivity index (χ1n) is 8.88. The van der Waals surface area contributed by atoms with Gasteiger partial charge in [-0.05, 0) is 51.3 Å². The number of rotatable bonds is 5. The highest BCUT2D eigenvalue weighted by Crippen LogP contribution is 2.22. The molecule has 6 nitrogen and oxygen atoms in total. The molecule has 26 heavy (non-hydrogen) atoms. The van der Waals surface area contributed by atoms with Gasteiger partial charge in [0.05, 0.1) is 24.2 Å². The van der Waals surface area contributed by atoms with Crippen LogP contribution in [0.1, 0.15) is 42.2 Å². The van der Waals surface area contributed by atoms with Gasteiger partial charge in [-0.1, -0.05) is 18.2 Å². The standard InChI is InChI=1S/C20H23N3O3/c1-3-26-20(25)18-13-21-23(14(18)2)17-11-7-10-16(12-17)22-19(24)15-8-5-4-6-9-15/h4-5,7,10-13,15H,3,6,8-9H2,1-2H3,(H,22,24). The van der Waals surface area contributed by atoms with E-state index < -0.39 is 0 Å². The molecule has 0 saturated heterocycles. The Kier molecular flexibility index (Phi) is 5.51. The van der Waals surface area contributed by atoms with E-state index in [1.807, 2.05) is 31.2 Å². The topological polar surface area (TPSA) is 73.2 Å². The smallest absolute Gasteiger partial charge is 0.341 e. The van der Waals surface area contributed by atoms with E-state index in [2.05, 4.69) is 22.6 Å². The summed E-state index contributed by atoms with van der Waals surface area (Å²) in [5, 5.41) is 7.28. The first-order valence-corrected chi connectivity index (χ1v) is 8.88. The molecule has 136 valence electrons. The lowest BCUT2D eigenvalue weighted by Gasteiger charge is -2.17. The molecular weight excluding hydrogens is 330 g/mol.